The van der Waals surface area contributed by atoms with E-state index in [-0.39, 0.29) is 5.97 Å². The molecular weight excluding hydrogens is 250 g/mol. The van der Waals surface area contributed by atoms with Crippen LogP contribution < -0.4 is 5.32 Å². The summed E-state index contributed by atoms with van der Waals surface area (Å²) in [5.41, 5.74) is 0. The topological polar surface area (TPSA) is 51.5 Å². The molecule has 0 atom stereocenters. The van der Waals surface area contributed by atoms with E-state index in [4.69, 9.17) is 4.42 Å². The van der Waals surface area contributed by atoms with Crippen molar-refractivity contribution in [3.05, 3.63) is 23.7 Å². The Morgan fingerprint density at radius 2 is 2.28 bits per heavy atom. The Hall–Kier alpha value is -0.940. The Morgan fingerprint density at radius 3 is 3.00 bits per heavy atom. The fourth-order valence-electron chi connectivity index (χ4n) is 1.56. The summed E-state index contributed by atoms with van der Waals surface area (Å²) in [6, 6.07) is 4.73. The van der Waals surface area contributed by atoms with Gasteiger partial charge in [-0.1, -0.05) is 0 Å². The first-order valence-corrected chi connectivity index (χ1v) is 7.39. The van der Waals surface area contributed by atoms with Gasteiger partial charge in [-0.05, 0) is 25.0 Å². The largest absolute Gasteiger partial charge is 0.469 e. The Morgan fingerprint density at radius 1 is 1.50 bits per heavy atom. The minimum atomic E-state index is -0.156. The van der Waals surface area contributed by atoms with Crippen molar-refractivity contribution in [1.82, 2.24) is 5.32 Å². The van der Waals surface area contributed by atoms with Crippen LogP contribution in [0.4, 0.5) is 0 Å². The van der Waals surface area contributed by atoms with E-state index in [2.05, 4.69) is 10.1 Å². The number of ether oxygens (including phenoxy) is 1. The van der Waals surface area contributed by atoms with E-state index in [9.17, 15) is 4.79 Å². The molecule has 1 fully saturated rings. The van der Waals surface area contributed by atoms with Crippen molar-refractivity contribution in [2.75, 3.05) is 12.9 Å². The number of hydrogen-bond donors (Lipinski definition) is 1. The lowest BCUT2D eigenvalue weighted by Crippen LogP contribution is -2.14. The van der Waals surface area contributed by atoms with Gasteiger partial charge in [0, 0.05) is 11.8 Å². The molecule has 0 spiro atoms. The zero-order valence-electron chi connectivity index (χ0n) is 10.6. The van der Waals surface area contributed by atoms with E-state index in [0.29, 0.717) is 12.5 Å². The van der Waals surface area contributed by atoms with E-state index in [1.54, 1.807) is 11.8 Å². The molecule has 0 saturated heterocycles. The number of carbonyl (C=O) groups excluding carboxylic acids is 1. The maximum Gasteiger partial charge on any atom is 0.306 e. The van der Waals surface area contributed by atoms with Crippen molar-refractivity contribution < 1.29 is 13.9 Å². The first-order chi connectivity index (χ1) is 8.78. The number of hydrogen-bond acceptors (Lipinski definition) is 5. The van der Waals surface area contributed by atoms with Crippen molar-refractivity contribution in [3.8, 4) is 0 Å². The van der Waals surface area contributed by atoms with Crippen LogP contribution in [0.5, 0.6) is 0 Å². The number of rotatable bonds is 8. The molecule has 5 heteroatoms. The molecule has 1 aliphatic rings. The monoisotopic (exact) mass is 269 g/mol. The number of furan rings is 1. The Balaban J connectivity index is 1.61. The molecule has 2 rings (SSSR count). The summed E-state index contributed by atoms with van der Waals surface area (Å²) in [5.74, 6) is 3.38. The summed E-state index contributed by atoms with van der Waals surface area (Å²) < 4.78 is 10.3. The fraction of sp³-hybridized carbons (Fsp3) is 0.615. The first-order valence-electron chi connectivity index (χ1n) is 6.23. The minimum absolute atomic E-state index is 0.156. The van der Waals surface area contributed by atoms with Gasteiger partial charge < -0.3 is 14.5 Å². The molecule has 1 aliphatic carbocycles. The molecule has 18 heavy (non-hydrogen) atoms. The number of carbonyl (C=O) groups is 1. The minimum Gasteiger partial charge on any atom is -0.469 e. The van der Waals surface area contributed by atoms with Crippen molar-refractivity contribution >= 4 is 17.7 Å². The summed E-state index contributed by atoms with van der Waals surface area (Å²) in [5, 5.41) is 3.41. The highest BCUT2D eigenvalue weighted by Crippen LogP contribution is 2.20. The van der Waals surface area contributed by atoms with Crippen LogP contribution >= 0.6 is 11.8 Å². The highest BCUT2D eigenvalue weighted by Gasteiger charge is 2.20. The maximum absolute atomic E-state index is 10.9. The van der Waals surface area contributed by atoms with Crippen LogP contribution in [0.15, 0.2) is 16.5 Å². The molecule has 0 unspecified atom stereocenters. The molecule has 1 N–H and O–H groups in total. The van der Waals surface area contributed by atoms with Gasteiger partial charge in [0.05, 0.1) is 25.8 Å². The number of nitrogens with one attached hydrogen (secondary N) is 1. The predicted molar refractivity (Wildman–Crippen MR) is 71.4 cm³/mol. The summed E-state index contributed by atoms with van der Waals surface area (Å²) >= 11 is 1.69. The van der Waals surface area contributed by atoms with E-state index < -0.39 is 0 Å². The second-order valence-corrected chi connectivity index (χ2v) is 5.51. The lowest BCUT2D eigenvalue weighted by atomic mass is 10.4. The molecule has 0 bridgehead atoms. The molecule has 0 radical (unpaired) electrons. The maximum atomic E-state index is 10.9. The van der Waals surface area contributed by atoms with Crippen molar-refractivity contribution in [1.29, 1.82) is 0 Å². The van der Waals surface area contributed by atoms with E-state index in [1.807, 2.05) is 12.1 Å². The lowest BCUT2D eigenvalue weighted by Gasteiger charge is -2.00. The van der Waals surface area contributed by atoms with Crippen LogP contribution in [0.3, 0.4) is 0 Å². The zero-order valence-corrected chi connectivity index (χ0v) is 11.4. The van der Waals surface area contributed by atoms with Crippen molar-refractivity contribution in [2.45, 2.75) is 37.6 Å². The smallest absolute Gasteiger partial charge is 0.306 e. The van der Waals surface area contributed by atoms with Crippen molar-refractivity contribution in [3.63, 3.8) is 0 Å². The van der Waals surface area contributed by atoms with Crippen LogP contribution in [0, 0.1) is 0 Å². The highest BCUT2D eigenvalue weighted by atomic mass is 32.2. The van der Waals surface area contributed by atoms with Crippen LogP contribution in [0.1, 0.15) is 30.8 Å². The van der Waals surface area contributed by atoms with Gasteiger partial charge in [0.25, 0.3) is 0 Å². The summed E-state index contributed by atoms with van der Waals surface area (Å²) in [6.07, 6.45) is 3.03. The third-order valence-corrected chi connectivity index (χ3v) is 3.76. The van der Waals surface area contributed by atoms with Gasteiger partial charge in [0.2, 0.25) is 0 Å². The van der Waals surface area contributed by atoms with Crippen LogP contribution in [-0.2, 0) is 21.8 Å². The second kappa shape index (κ2) is 6.85. The summed E-state index contributed by atoms with van der Waals surface area (Å²) in [7, 11) is 1.42. The third-order valence-electron chi connectivity index (χ3n) is 2.78. The first kappa shape index (κ1) is 13.5. The molecule has 1 saturated carbocycles. The highest BCUT2D eigenvalue weighted by molar-refractivity contribution is 7.98. The quantitative estimate of drug-likeness (QED) is 0.580. The molecule has 0 amide bonds. The number of esters is 1. The van der Waals surface area contributed by atoms with E-state index in [1.165, 1.54) is 20.0 Å². The molecule has 0 aliphatic heterocycles. The van der Waals surface area contributed by atoms with Crippen LogP contribution in [0.25, 0.3) is 0 Å². The SMILES string of the molecule is COC(=O)CCSCc1ccc(CNC2CC2)o1. The standard InChI is InChI=1S/C13H19NO3S/c1-16-13(15)6-7-18-9-12-5-4-11(17-12)8-14-10-2-3-10/h4-5,10,14H,2-3,6-9H2,1H3. The van der Waals surface area contributed by atoms with Gasteiger partial charge in [0.15, 0.2) is 0 Å². The van der Waals surface area contributed by atoms with Gasteiger partial charge >= 0.3 is 5.97 Å². The molecule has 1 heterocycles. The van der Waals surface area contributed by atoms with Gasteiger partial charge in [-0.15, -0.1) is 0 Å². The number of methoxy groups -OCH3 is 1. The molecule has 0 aromatic carbocycles. The van der Waals surface area contributed by atoms with E-state index in [0.717, 1.165) is 29.6 Å². The second-order valence-electron chi connectivity index (χ2n) is 4.40. The summed E-state index contributed by atoms with van der Waals surface area (Å²) in [4.78, 5) is 10.9. The summed E-state index contributed by atoms with van der Waals surface area (Å²) in [6.45, 7) is 0.817. The average molecular weight is 269 g/mol. The van der Waals surface area contributed by atoms with Gasteiger partial charge in [-0.2, -0.15) is 11.8 Å². The Labute approximate surface area is 111 Å². The van der Waals surface area contributed by atoms with Gasteiger partial charge in [0.1, 0.15) is 11.5 Å². The van der Waals surface area contributed by atoms with Crippen LogP contribution in [0.2, 0.25) is 0 Å². The van der Waals surface area contributed by atoms with Gasteiger partial charge in [-0.3, -0.25) is 4.79 Å². The average Bonchev–Trinajstić information content (AvgIpc) is 3.11. The molecule has 4 nitrogen and oxygen atoms in total. The Kier molecular flexibility index (Phi) is 5.13. The van der Waals surface area contributed by atoms with Crippen LogP contribution in [-0.4, -0.2) is 24.9 Å². The number of thioether (sulfide) groups is 1. The fourth-order valence-corrected chi connectivity index (χ4v) is 2.37. The lowest BCUT2D eigenvalue weighted by molar-refractivity contribution is -0.140. The third kappa shape index (κ3) is 4.74. The molecular formula is C13H19NO3S. The molecule has 1 aromatic heterocycles. The zero-order chi connectivity index (χ0) is 12.8. The Bertz CT molecular complexity index is 387. The van der Waals surface area contributed by atoms with Gasteiger partial charge in [-0.25, -0.2) is 0 Å². The van der Waals surface area contributed by atoms with E-state index >= 15 is 0 Å². The molecule has 100 valence electrons. The predicted octanol–water partition coefficient (Wildman–Crippen LogP) is 2.33. The molecule has 1 aromatic rings. The van der Waals surface area contributed by atoms with Crippen molar-refractivity contribution in [2.24, 2.45) is 0 Å². The normalized spacial score (nSPS) is 14.7.